The first kappa shape index (κ1) is 3560. The third-order valence-electron chi connectivity index (χ3n) is 0. The molecule has 0 aliphatic heterocycles. The minimum atomic E-state index is 0. The topological polar surface area (TPSA) is 1710 Å². The van der Waals surface area contributed by atoms with E-state index in [-0.39, 0.29) is 1110 Å². The molecule has 60 nitrogen and oxygen atoms in total. The second-order valence-corrected chi connectivity index (χ2v) is 0. The van der Waals surface area contributed by atoms with Crippen LogP contribution in [0.5, 0.6) is 0 Å². The molecule has 0 rings (SSSR count). The third kappa shape index (κ3) is 3390. The zero-order valence-electron chi connectivity index (χ0n) is 52.8. The molecular weight excluding hydrogens is 3580 g/mol. The van der Waals surface area contributed by atoms with Crippen molar-refractivity contribution in [2.45, 2.75) is 0 Å². The van der Waals surface area contributed by atoms with E-state index in [0.717, 1.165) is 0 Å². The van der Waals surface area contributed by atoms with E-state index in [1.165, 1.54) is 0 Å². The number of rotatable bonds is 0. The summed E-state index contributed by atoms with van der Waals surface area (Å²) in [4.78, 5) is 0. The van der Waals surface area contributed by atoms with Crippen LogP contribution in [0.3, 0.4) is 0 Å². The van der Waals surface area contributed by atoms with Crippen LogP contribution in [0, 0.1) is 0 Å². The molecule has 0 fully saturated rings. The van der Waals surface area contributed by atoms with E-state index < -0.39 is 0 Å². The van der Waals surface area contributed by atoms with Crippen LogP contribution in [0.2, 0.25) is 0 Å². The monoisotopic (exact) mass is 3520 g/mol. The van der Waals surface area contributed by atoms with Gasteiger partial charge in [0.15, 0.2) is 0 Å². The zero-order valence-corrected chi connectivity index (χ0v) is 171. The molecule has 480 valence electrons. The van der Waals surface area contributed by atoms with Gasteiger partial charge in [0.2, 0.25) is 0 Å². The summed E-state index contributed by atoms with van der Waals surface area (Å²) in [6.45, 7) is 0. The first-order valence-electron chi connectivity index (χ1n) is 0. The van der Waals surface area contributed by atoms with Gasteiger partial charge in [-0.05, 0) is 0 Å². The third-order valence-corrected chi connectivity index (χ3v) is 0. The molecule has 0 bridgehead atoms. The maximum atomic E-state index is 0. The van der Waals surface area contributed by atoms with Gasteiger partial charge in [-0.3, -0.25) is 0 Å². The fourth-order valence-electron chi connectivity index (χ4n) is 0. The number of hydrogen-bond donors (Lipinski definition) is 0. The Balaban J connectivity index is 0. The maximum Gasteiger partial charge on any atom is 2.00 e. The molecule has 0 aromatic carbocycles. The summed E-state index contributed by atoms with van der Waals surface area (Å²) < 4.78 is 0. The van der Waals surface area contributed by atoms with Gasteiger partial charge in [0.05, 0.1) is 0 Å². The van der Waals surface area contributed by atoms with Crippen molar-refractivity contribution in [1.82, 2.24) is 0 Å². The fraction of sp³-hybridized carbons (Fsp3) is 0. The van der Waals surface area contributed by atoms with Crippen LogP contribution >= 0.6 is 0 Å². The van der Waals surface area contributed by atoms with E-state index >= 15 is 0 Å². The van der Waals surface area contributed by atoms with E-state index in [4.69, 9.17) is 0 Å². The number of hydrogen-bond acceptors (Lipinski definition) is 0. The summed E-state index contributed by atoms with van der Waals surface area (Å²) in [6, 6.07) is 0. The second-order valence-electron chi connectivity index (χ2n) is 0. The molecule has 0 spiro atoms. The summed E-state index contributed by atoms with van der Waals surface area (Å²) in [5.74, 6) is 0. The Hall–Kier alpha value is 22.5. The van der Waals surface area contributed by atoms with E-state index in [1.54, 1.807) is 0 Å². The summed E-state index contributed by atoms with van der Waals surface area (Å²) in [5, 5.41) is 0. The first-order chi connectivity index (χ1) is 0. The van der Waals surface area contributed by atoms with Crippen LogP contribution in [0.15, 0.2) is 0 Å². The van der Waals surface area contributed by atoms with Gasteiger partial charge in [-0.2, -0.15) is 0 Å². The van der Waals surface area contributed by atoms with Crippen molar-refractivity contribution < 1.29 is 1110 Å². The predicted molar refractivity (Wildman–Crippen MR) is 41.2 cm³/mol. The quantitative estimate of drug-likeness (QED) is 0.204. The summed E-state index contributed by atoms with van der Waals surface area (Å²) in [6.07, 6.45) is 0. The molecule has 0 amide bonds. The molecule has 0 saturated carbocycles. The van der Waals surface area contributed by atoms with Gasteiger partial charge in [0, 0.05) is 0 Å². The van der Waals surface area contributed by atoms with Gasteiger partial charge in [0.25, 0.3) is 0 Å². The Bertz CT molecular complexity index is 97.1. The summed E-state index contributed by atoms with van der Waals surface area (Å²) >= 11 is 0. The van der Waals surface area contributed by atoms with Gasteiger partial charge in [0.1, 0.15) is 0 Å². The smallest absolute Gasteiger partial charge is 2.00 e. The zero-order chi connectivity index (χ0) is 0. The van der Waals surface area contributed by atoms with E-state index in [2.05, 4.69) is 0 Å². The molecule has 0 aliphatic carbocycles. The van der Waals surface area contributed by atoms with Crippen LogP contribution in [-0.4, -0.2) is 0 Å². The van der Waals surface area contributed by atoms with E-state index in [1.807, 2.05) is 0 Å². The molecule has 0 heterocycles. The largest absolute Gasteiger partial charge is 2.00 e. The average molecular weight is 3580 g/mol. The van der Waals surface area contributed by atoms with Crippen molar-refractivity contribution in [3.63, 3.8) is 0 Å². The molecule has 100 heavy (non-hydrogen) atoms. The Kier molecular flexibility index (Phi) is 124000. The molecule has 0 radical (unpaired) electrons. The van der Waals surface area contributed by atoms with Gasteiger partial charge in [-0.25, -0.2) is 0 Å². The molecule has 0 atom stereocenters. The SMILES string of the molecule is [O-2].[O-2].[O-2].[O-2].[O-2].[O-2].[O-2].[O-2].[O-2].[O-2].[O-2].[O-2].[O-2].[O-2].[O-2].[O-2].[O-2].[O-2].[O-2].[O-2].[O-2].[O-2].[O-2].[O-2].[O-2].[O-2].[O-2].[O-2].[O-2].[O-2].[O-2].[O-2].[O-2].[O-2].[O-2].[O-2].[O-2].[O-2].[O-2].[O-2].[O-2].[O-2].[O-2].[O-2].[O-2].[O-2].[O-2].[O-2].[O-2].[O-2].[O-2].[O-2].[O-2].[O-2].[O-2].[O-2].[O-2].[O-2].[O-2].[O-2].[Zn+2].[Zn+2].[Zn+2].[Zn+2].[Zn+2].[Zn+2].[Zn+2].[Zn+2].[Zn+2].[Zn+2].[Zn+2].[Zn+2].[Zn+2].[Zn+2].[Zn+2].[Zn+2].[Zn+2].[Zn+2].[Zn+2].[Zn+2].[Zn+2].[Zn+2].[Zn+2].[Zn+2].[Zn+2].[Zn+2].[Zn+2].[Zn+2].[Zn+2].[Zn+2].[Zn+2].[Zn+2].[Zn+2].[Zn+2].[Zn+2].[Zn+2].[Zn+2].[Zn+2].[Zn+2].[Zn+2]. The van der Waals surface area contributed by atoms with Gasteiger partial charge in [-0.15, -0.1) is 0 Å². The van der Waals surface area contributed by atoms with Crippen molar-refractivity contribution in [2.24, 2.45) is 0 Å². The molecule has 0 aliphatic rings. The summed E-state index contributed by atoms with van der Waals surface area (Å²) in [7, 11) is 0. The molecule has 100 heteroatoms. The Morgan fingerprint density at radius 2 is 0.0200 bits per heavy atom. The molecule has 0 saturated heterocycles. The van der Waals surface area contributed by atoms with Crippen molar-refractivity contribution >= 4 is 0 Å². The van der Waals surface area contributed by atoms with Crippen molar-refractivity contribution in [3.05, 3.63) is 0 Å². The molecule has 0 unspecified atom stereocenters. The molecule has 0 aromatic heterocycles. The Morgan fingerprint density at radius 1 is 0.0200 bits per heavy atom. The Morgan fingerprint density at radius 3 is 0.0200 bits per heavy atom. The molecular formula is O60Zn40-40. The van der Waals surface area contributed by atoms with Crippen LogP contribution in [-0.2, 0) is 1110 Å². The van der Waals surface area contributed by atoms with E-state index in [9.17, 15) is 0 Å². The van der Waals surface area contributed by atoms with Gasteiger partial charge >= 0.3 is 779 Å². The fourth-order valence-corrected chi connectivity index (χ4v) is 0. The first-order valence-corrected chi connectivity index (χ1v) is 0. The molecule has 0 aromatic rings. The normalized spacial score (nSPS) is 0. The standard InChI is InChI=1S/60O.40Zn/q60*-2;40*+2. The van der Waals surface area contributed by atoms with Crippen molar-refractivity contribution in [1.29, 1.82) is 0 Å². The molecule has 0 N–H and O–H groups in total. The van der Waals surface area contributed by atoms with Gasteiger partial charge in [-0.1, -0.05) is 0 Å². The van der Waals surface area contributed by atoms with Crippen LogP contribution in [0.1, 0.15) is 0 Å². The maximum absolute atomic E-state index is 0. The van der Waals surface area contributed by atoms with Crippen LogP contribution < -0.4 is 0 Å². The average Bonchev–Trinajstić information content (AvgIpc) is 0. The predicted octanol–water partition coefficient (Wildman–Crippen LogP) is -7.23. The Labute approximate surface area is 1090 Å². The minimum Gasteiger partial charge on any atom is -2.00 e. The minimum absolute atomic E-state index is 0. The summed E-state index contributed by atoms with van der Waals surface area (Å²) in [5.41, 5.74) is 0. The van der Waals surface area contributed by atoms with Crippen molar-refractivity contribution in [2.75, 3.05) is 0 Å². The van der Waals surface area contributed by atoms with Crippen molar-refractivity contribution in [3.8, 4) is 0 Å². The van der Waals surface area contributed by atoms with Gasteiger partial charge < -0.3 is 329 Å². The second kappa shape index (κ2) is 3480. The van der Waals surface area contributed by atoms with Crippen LogP contribution in [0.25, 0.3) is 0 Å². The van der Waals surface area contributed by atoms with Crippen LogP contribution in [0.4, 0.5) is 0 Å². The van der Waals surface area contributed by atoms with E-state index in [0.29, 0.717) is 0 Å².